The summed E-state index contributed by atoms with van der Waals surface area (Å²) in [6.07, 6.45) is 0.859. The van der Waals surface area contributed by atoms with Crippen molar-refractivity contribution >= 4 is 33.3 Å². The fourth-order valence-electron chi connectivity index (χ4n) is 2.81. The molecule has 0 unspecified atom stereocenters. The number of hydrogen-bond acceptors (Lipinski definition) is 5. The molecule has 0 aliphatic carbocycles. The van der Waals surface area contributed by atoms with Crippen LogP contribution in [0.4, 0.5) is 20.2 Å². The Morgan fingerprint density at radius 3 is 2.33 bits per heavy atom. The Balaban J connectivity index is 2.30. The van der Waals surface area contributed by atoms with Crippen LogP contribution in [0, 0.1) is 18.6 Å². The third kappa shape index (κ3) is 5.32. The number of sulfonamides is 1. The predicted molar refractivity (Wildman–Crippen MR) is 109 cm³/mol. The molecule has 162 valence electrons. The number of nitrogens with one attached hydrogen (secondary N) is 1. The molecule has 0 saturated heterocycles. The Bertz CT molecular complexity index is 1070. The summed E-state index contributed by atoms with van der Waals surface area (Å²) in [5, 5.41) is 2.59. The molecule has 1 atom stereocenters. The molecule has 2 aromatic rings. The van der Waals surface area contributed by atoms with Gasteiger partial charge >= 0.3 is 5.97 Å². The molecule has 0 aromatic heterocycles. The van der Waals surface area contributed by atoms with Crippen molar-refractivity contribution in [1.82, 2.24) is 0 Å². The van der Waals surface area contributed by atoms with Crippen molar-refractivity contribution in [3.8, 4) is 0 Å². The monoisotopic (exact) mass is 440 g/mol. The third-order valence-corrected chi connectivity index (χ3v) is 5.48. The van der Waals surface area contributed by atoms with Gasteiger partial charge in [0.25, 0.3) is 0 Å². The summed E-state index contributed by atoms with van der Waals surface area (Å²) in [6, 6.07) is 5.79. The lowest BCUT2D eigenvalue weighted by atomic mass is 10.1. The van der Waals surface area contributed by atoms with E-state index in [0.717, 1.165) is 18.4 Å². The van der Waals surface area contributed by atoms with Gasteiger partial charge in [-0.05, 0) is 56.7 Å². The van der Waals surface area contributed by atoms with Crippen LogP contribution in [0.15, 0.2) is 36.4 Å². The first kappa shape index (κ1) is 23.3. The van der Waals surface area contributed by atoms with Crippen molar-refractivity contribution < 1.29 is 31.5 Å². The first-order valence-electron chi connectivity index (χ1n) is 8.98. The molecule has 30 heavy (non-hydrogen) atoms. The van der Waals surface area contributed by atoms with Crippen LogP contribution in [0.5, 0.6) is 0 Å². The summed E-state index contributed by atoms with van der Waals surface area (Å²) in [4.78, 5) is 24.5. The maximum Gasteiger partial charge on any atom is 0.338 e. The summed E-state index contributed by atoms with van der Waals surface area (Å²) in [7, 11) is -4.00. The molecule has 0 spiro atoms. The minimum atomic E-state index is -4.00. The van der Waals surface area contributed by atoms with Crippen LogP contribution in [0.1, 0.15) is 29.8 Å². The Hall–Kier alpha value is -3.01. The van der Waals surface area contributed by atoms with Gasteiger partial charge in [-0.15, -0.1) is 0 Å². The molecule has 0 bridgehead atoms. The maximum absolute atomic E-state index is 13.6. The Kier molecular flexibility index (Phi) is 7.14. The lowest BCUT2D eigenvalue weighted by molar-refractivity contribution is -0.116. The number of halogens is 2. The van der Waals surface area contributed by atoms with Crippen LogP contribution in [-0.2, 0) is 19.6 Å². The van der Waals surface area contributed by atoms with E-state index in [4.69, 9.17) is 4.74 Å². The summed E-state index contributed by atoms with van der Waals surface area (Å²) in [5.41, 5.74) is 1.03. The van der Waals surface area contributed by atoms with Crippen molar-refractivity contribution in [1.29, 1.82) is 0 Å². The van der Waals surface area contributed by atoms with Gasteiger partial charge in [0.05, 0.1) is 24.1 Å². The fraction of sp³-hybridized carbons (Fsp3) is 0.300. The van der Waals surface area contributed by atoms with Gasteiger partial charge in [-0.1, -0.05) is 0 Å². The molecule has 0 aliphatic heterocycles. The van der Waals surface area contributed by atoms with E-state index in [9.17, 15) is 26.8 Å². The van der Waals surface area contributed by atoms with Crippen LogP contribution < -0.4 is 9.62 Å². The van der Waals surface area contributed by atoms with Crippen molar-refractivity contribution in [2.45, 2.75) is 26.8 Å². The largest absolute Gasteiger partial charge is 0.462 e. The van der Waals surface area contributed by atoms with Crippen molar-refractivity contribution in [2.24, 2.45) is 0 Å². The molecule has 2 rings (SSSR count). The summed E-state index contributed by atoms with van der Waals surface area (Å²) >= 11 is 0. The highest BCUT2D eigenvalue weighted by molar-refractivity contribution is 7.92. The van der Waals surface area contributed by atoms with Gasteiger partial charge in [0.2, 0.25) is 15.9 Å². The number of rotatable bonds is 7. The molecule has 0 fully saturated rings. The fourth-order valence-corrected chi connectivity index (χ4v) is 3.98. The molecule has 0 saturated carbocycles. The highest BCUT2D eigenvalue weighted by atomic mass is 32.2. The zero-order chi connectivity index (χ0) is 22.6. The number of hydrogen-bond donors (Lipinski definition) is 1. The Labute approximate surface area is 173 Å². The lowest BCUT2D eigenvalue weighted by Gasteiger charge is -2.28. The van der Waals surface area contributed by atoms with Crippen LogP contribution in [0.2, 0.25) is 0 Å². The van der Waals surface area contributed by atoms with E-state index in [1.807, 2.05) is 0 Å². The first-order valence-corrected chi connectivity index (χ1v) is 10.8. The van der Waals surface area contributed by atoms with Gasteiger partial charge in [-0.2, -0.15) is 0 Å². The average Bonchev–Trinajstić information content (AvgIpc) is 2.65. The molecule has 10 heteroatoms. The van der Waals surface area contributed by atoms with E-state index < -0.39 is 39.6 Å². The standard InChI is InChI=1S/C20H22F2N2O5S/c1-5-29-20(26)14-6-9-18(12(2)10-14)23-19(25)13(3)24(30(4,27)28)15-7-8-16(21)17(22)11-15/h6-11,13H,5H2,1-4H3,(H,23,25)/t13-/m1/s1. The zero-order valence-electron chi connectivity index (χ0n) is 16.9. The van der Waals surface area contributed by atoms with Gasteiger partial charge < -0.3 is 10.1 Å². The second-order valence-corrected chi connectivity index (χ2v) is 8.43. The minimum absolute atomic E-state index is 0.187. The van der Waals surface area contributed by atoms with Gasteiger partial charge in [0.15, 0.2) is 11.6 Å². The number of ether oxygens (including phenoxy) is 1. The zero-order valence-corrected chi connectivity index (χ0v) is 17.7. The van der Waals surface area contributed by atoms with E-state index in [2.05, 4.69) is 5.32 Å². The quantitative estimate of drug-likeness (QED) is 0.668. The summed E-state index contributed by atoms with van der Waals surface area (Å²) in [6.45, 7) is 4.88. The average molecular weight is 440 g/mol. The molecule has 0 radical (unpaired) electrons. The molecule has 2 aromatic carbocycles. The van der Waals surface area contributed by atoms with Crippen LogP contribution in [0.3, 0.4) is 0 Å². The minimum Gasteiger partial charge on any atom is -0.462 e. The molecule has 7 nitrogen and oxygen atoms in total. The maximum atomic E-state index is 13.6. The lowest BCUT2D eigenvalue weighted by Crippen LogP contribution is -2.45. The Morgan fingerprint density at radius 1 is 1.13 bits per heavy atom. The number of esters is 1. The van der Waals surface area contributed by atoms with Crippen LogP contribution in [-0.4, -0.2) is 39.2 Å². The van der Waals surface area contributed by atoms with E-state index in [-0.39, 0.29) is 12.3 Å². The van der Waals surface area contributed by atoms with Crippen LogP contribution >= 0.6 is 0 Å². The van der Waals surface area contributed by atoms with Crippen molar-refractivity contribution in [3.05, 3.63) is 59.2 Å². The normalized spacial score (nSPS) is 12.2. The number of aryl methyl sites for hydroxylation is 1. The third-order valence-electron chi connectivity index (χ3n) is 4.24. The van der Waals surface area contributed by atoms with E-state index >= 15 is 0 Å². The van der Waals surface area contributed by atoms with Crippen molar-refractivity contribution in [3.63, 3.8) is 0 Å². The second kappa shape index (κ2) is 9.21. The predicted octanol–water partition coefficient (Wildman–Crippen LogP) is 3.24. The molecule has 0 aliphatic rings. The molecule has 0 heterocycles. The van der Waals surface area contributed by atoms with E-state index in [0.29, 0.717) is 27.2 Å². The first-order chi connectivity index (χ1) is 14.0. The number of benzene rings is 2. The topological polar surface area (TPSA) is 92.8 Å². The van der Waals surface area contributed by atoms with Crippen LogP contribution in [0.25, 0.3) is 0 Å². The number of nitrogens with zero attached hydrogens (tertiary/aromatic N) is 1. The van der Waals surface area contributed by atoms with E-state index in [1.54, 1.807) is 13.8 Å². The van der Waals surface area contributed by atoms with E-state index in [1.165, 1.54) is 25.1 Å². The highest BCUT2D eigenvalue weighted by Gasteiger charge is 2.30. The molecular formula is C20H22F2N2O5S. The number of carbonyl (C=O) groups is 2. The number of amides is 1. The van der Waals surface area contributed by atoms with Gasteiger partial charge in [0, 0.05) is 11.8 Å². The molecule has 1 N–H and O–H groups in total. The highest BCUT2D eigenvalue weighted by Crippen LogP contribution is 2.24. The van der Waals surface area contributed by atoms with Gasteiger partial charge in [0.1, 0.15) is 6.04 Å². The molecular weight excluding hydrogens is 418 g/mol. The van der Waals surface area contributed by atoms with Crippen molar-refractivity contribution in [2.75, 3.05) is 22.5 Å². The summed E-state index contributed by atoms with van der Waals surface area (Å²) in [5.74, 6) is -3.58. The van der Waals surface area contributed by atoms with Gasteiger partial charge in [-0.3, -0.25) is 9.10 Å². The van der Waals surface area contributed by atoms with Gasteiger partial charge in [-0.25, -0.2) is 22.0 Å². The SMILES string of the molecule is CCOC(=O)c1ccc(NC(=O)[C@@H](C)N(c2ccc(F)c(F)c2)S(C)(=O)=O)c(C)c1. The summed E-state index contributed by atoms with van der Waals surface area (Å²) < 4.78 is 57.0. The second-order valence-electron chi connectivity index (χ2n) is 6.57. The molecule has 1 amide bonds. The Morgan fingerprint density at radius 2 is 1.80 bits per heavy atom. The number of anilines is 2. The number of carbonyl (C=O) groups excluding carboxylic acids is 2. The smallest absolute Gasteiger partial charge is 0.338 e.